The van der Waals surface area contributed by atoms with E-state index in [1.807, 2.05) is 6.07 Å². The van der Waals surface area contributed by atoms with Crippen molar-refractivity contribution in [2.24, 2.45) is 5.41 Å². The van der Waals surface area contributed by atoms with Crippen molar-refractivity contribution < 1.29 is 9.53 Å². The first-order valence-corrected chi connectivity index (χ1v) is 9.38. The maximum atomic E-state index is 12.5. The average Bonchev–Trinajstić information content (AvgIpc) is 2.92. The van der Waals surface area contributed by atoms with E-state index in [1.165, 1.54) is 31.2 Å². The zero-order valence-electron chi connectivity index (χ0n) is 14.5. The molecule has 0 bridgehead atoms. The van der Waals surface area contributed by atoms with Gasteiger partial charge in [0.2, 0.25) is 5.91 Å². The van der Waals surface area contributed by atoms with Crippen molar-refractivity contribution in [1.29, 1.82) is 0 Å². The van der Waals surface area contributed by atoms with E-state index in [-0.39, 0.29) is 5.41 Å². The molecule has 1 aromatic carbocycles. The number of benzene rings is 1. The quantitative estimate of drug-likeness (QED) is 0.855. The van der Waals surface area contributed by atoms with Gasteiger partial charge >= 0.3 is 0 Å². The Morgan fingerprint density at radius 1 is 1.08 bits per heavy atom. The van der Waals surface area contributed by atoms with Crippen molar-refractivity contribution in [3.05, 3.63) is 35.9 Å². The van der Waals surface area contributed by atoms with Gasteiger partial charge in [-0.25, -0.2) is 0 Å². The number of nitrogens with zero attached hydrogens (tertiary/aromatic N) is 2. The Morgan fingerprint density at radius 2 is 1.79 bits per heavy atom. The molecule has 3 heterocycles. The van der Waals surface area contributed by atoms with Crippen LogP contribution in [0, 0.1) is 5.41 Å². The maximum absolute atomic E-state index is 12.5. The number of rotatable bonds is 3. The van der Waals surface area contributed by atoms with E-state index < -0.39 is 0 Å². The Hall–Kier alpha value is -1.39. The van der Waals surface area contributed by atoms with Crippen LogP contribution >= 0.6 is 0 Å². The van der Waals surface area contributed by atoms with Crippen LogP contribution in [0.15, 0.2) is 30.3 Å². The molecular weight excluding hydrogens is 300 g/mol. The second-order valence-corrected chi connectivity index (χ2v) is 7.79. The number of likely N-dealkylation sites (tertiary alicyclic amines) is 2. The highest BCUT2D eigenvalue weighted by molar-refractivity contribution is 5.79. The highest BCUT2D eigenvalue weighted by Gasteiger charge is 2.45. The number of hydrogen-bond acceptors (Lipinski definition) is 3. The highest BCUT2D eigenvalue weighted by atomic mass is 16.5. The molecule has 0 N–H and O–H groups in total. The third-order valence-corrected chi connectivity index (χ3v) is 6.19. The van der Waals surface area contributed by atoms with Crippen LogP contribution in [-0.2, 0) is 16.1 Å². The zero-order chi connectivity index (χ0) is 16.4. The molecule has 0 aliphatic carbocycles. The van der Waals surface area contributed by atoms with Gasteiger partial charge in [-0.05, 0) is 49.8 Å². The molecule has 3 aliphatic rings. The molecule has 1 amide bonds. The number of carbonyl (C=O) groups excluding carboxylic acids is 1. The minimum Gasteiger partial charge on any atom is -0.381 e. The number of ether oxygens (including phenoxy) is 1. The molecule has 0 aromatic heterocycles. The number of carbonyl (C=O) groups is 1. The molecule has 0 unspecified atom stereocenters. The van der Waals surface area contributed by atoms with Crippen molar-refractivity contribution in [3.63, 3.8) is 0 Å². The normalized spacial score (nSPS) is 25.5. The van der Waals surface area contributed by atoms with Crippen molar-refractivity contribution in [1.82, 2.24) is 9.80 Å². The van der Waals surface area contributed by atoms with Crippen LogP contribution in [0.1, 0.15) is 37.7 Å². The Balaban J connectivity index is 1.35. The van der Waals surface area contributed by atoms with Crippen LogP contribution in [0.4, 0.5) is 0 Å². The minimum absolute atomic E-state index is 0.230. The van der Waals surface area contributed by atoms with Gasteiger partial charge in [-0.3, -0.25) is 4.79 Å². The summed E-state index contributed by atoms with van der Waals surface area (Å²) in [4.78, 5) is 17.3. The van der Waals surface area contributed by atoms with Crippen LogP contribution < -0.4 is 0 Å². The molecule has 4 rings (SSSR count). The van der Waals surface area contributed by atoms with Gasteiger partial charge in [0.25, 0.3) is 0 Å². The van der Waals surface area contributed by atoms with Gasteiger partial charge in [-0.2, -0.15) is 0 Å². The van der Waals surface area contributed by atoms with Gasteiger partial charge in [0.1, 0.15) is 0 Å². The van der Waals surface area contributed by atoms with E-state index in [1.54, 1.807) is 0 Å². The fourth-order valence-electron chi connectivity index (χ4n) is 4.68. The van der Waals surface area contributed by atoms with Gasteiger partial charge < -0.3 is 14.5 Å². The maximum Gasteiger partial charge on any atom is 0.223 e. The van der Waals surface area contributed by atoms with E-state index in [0.29, 0.717) is 11.9 Å². The lowest BCUT2D eigenvalue weighted by Gasteiger charge is -2.43. The van der Waals surface area contributed by atoms with Crippen molar-refractivity contribution >= 4 is 5.91 Å². The van der Waals surface area contributed by atoms with Crippen molar-refractivity contribution in [3.8, 4) is 0 Å². The topological polar surface area (TPSA) is 32.8 Å². The van der Waals surface area contributed by atoms with E-state index in [9.17, 15) is 4.79 Å². The lowest BCUT2D eigenvalue weighted by molar-refractivity contribution is -0.128. The van der Waals surface area contributed by atoms with E-state index in [2.05, 4.69) is 34.1 Å². The van der Waals surface area contributed by atoms with Gasteiger partial charge in [0.05, 0.1) is 0 Å². The second-order valence-electron chi connectivity index (χ2n) is 7.79. The smallest absolute Gasteiger partial charge is 0.223 e. The molecule has 0 atom stereocenters. The van der Waals surface area contributed by atoms with Crippen LogP contribution in [0.25, 0.3) is 0 Å². The third-order valence-electron chi connectivity index (χ3n) is 6.19. The largest absolute Gasteiger partial charge is 0.381 e. The van der Waals surface area contributed by atoms with Crippen molar-refractivity contribution in [2.45, 2.75) is 44.7 Å². The predicted molar refractivity (Wildman–Crippen MR) is 93.6 cm³/mol. The standard InChI is InChI=1S/C20H28N2O2/c23-19-14-20(16-22(19)15-17-4-2-1-3-5-17)8-10-21(11-9-20)18-6-12-24-13-7-18/h1-5,18H,6-16H2. The summed E-state index contributed by atoms with van der Waals surface area (Å²) in [6.45, 7) is 5.84. The summed E-state index contributed by atoms with van der Waals surface area (Å²) in [7, 11) is 0. The van der Waals surface area contributed by atoms with Gasteiger partial charge in [-0.15, -0.1) is 0 Å². The first-order chi connectivity index (χ1) is 11.7. The Kier molecular flexibility index (Phi) is 4.59. The highest BCUT2D eigenvalue weighted by Crippen LogP contribution is 2.42. The lowest BCUT2D eigenvalue weighted by Crippen LogP contribution is -2.47. The summed E-state index contributed by atoms with van der Waals surface area (Å²) >= 11 is 0. The predicted octanol–water partition coefficient (Wildman–Crippen LogP) is 2.68. The summed E-state index contributed by atoms with van der Waals surface area (Å²) in [5.74, 6) is 0.346. The fraction of sp³-hybridized carbons (Fsp3) is 0.650. The lowest BCUT2D eigenvalue weighted by atomic mass is 9.77. The average molecular weight is 328 g/mol. The van der Waals surface area contributed by atoms with Gasteiger partial charge in [-0.1, -0.05) is 30.3 Å². The molecule has 3 aliphatic heterocycles. The third kappa shape index (κ3) is 3.35. The SMILES string of the molecule is O=C1CC2(CCN(C3CCOCC3)CC2)CN1Cc1ccccc1. The van der Waals surface area contributed by atoms with Gasteiger partial charge in [0.15, 0.2) is 0 Å². The second kappa shape index (κ2) is 6.85. The molecule has 4 heteroatoms. The summed E-state index contributed by atoms with van der Waals surface area (Å²) < 4.78 is 5.49. The molecular formula is C20H28N2O2. The summed E-state index contributed by atoms with van der Waals surface area (Å²) in [6, 6.07) is 11.1. The fourth-order valence-corrected chi connectivity index (χ4v) is 4.68. The van der Waals surface area contributed by atoms with Crippen molar-refractivity contribution in [2.75, 3.05) is 32.8 Å². The number of piperidine rings is 1. The number of amides is 1. The molecule has 4 nitrogen and oxygen atoms in total. The van der Waals surface area contributed by atoms with E-state index in [4.69, 9.17) is 4.74 Å². The molecule has 3 fully saturated rings. The number of hydrogen-bond donors (Lipinski definition) is 0. The summed E-state index contributed by atoms with van der Waals surface area (Å²) in [6.07, 6.45) is 5.43. The van der Waals surface area contributed by atoms with Crippen LogP contribution in [0.5, 0.6) is 0 Å². The minimum atomic E-state index is 0.230. The monoisotopic (exact) mass is 328 g/mol. The molecule has 1 aromatic rings. The van der Waals surface area contributed by atoms with E-state index >= 15 is 0 Å². The molecule has 24 heavy (non-hydrogen) atoms. The van der Waals surface area contributed by atoms with E-state index in [0.717, 1.165) is 45.8 Å². The molecule has 3 saturated heterocycles. The molecule has 1 spiro atoms. The zero-order valence-corrected chi connectivity index (χ0v) is 14.5. The Morgan fingerprint density at radius 3 is 2.50 bits per heavy atom. The Bertz CT molecular complexity index is 560. The first-order valence-electron chi connectivity index (χ1n) is 9.38. The van der Waals surface area contributed by atoms with Crippen LogP contribution in [0.2, 0.25) is 0 Å². The van der Waals surface area contributed by atoms with Gasteiger partial charge in [0, 0.05) is 38.8 Å². The molecule has 0 saturated carbocycles. The summed E-state index contributed by atoms with van der Waals surface area (Å²) in [5.41, 5.74) is 1.47. The molecule has 0 radical (unpaired) electrons. The summed E-state index contributed by atoms with van der Waals surface area (Å²) in [5, 5.41) is 0. The first kappa shape index (κ1) is 16.1. The molecule has 130 valence electrons. The Labute approximate surface area is 144 Å². The van der Waals surface area contributed by atoms with Crippen LogP contribution in [-0.4, -0.2) is 54.6 Å². The van der Waals surface area contributed by atoms with Crippen LogP contribution in [0.3, 0.4) is 0 Å².